The molecule has 0 amide bonds. The summed E-state index contributed by atoms with van der Waals surface area (Å²) < 4.78 is 13.4. The topological polar surface area (TPSA) is 32.5 Å². The molecule has 1 aromatic rings. The molecule has 3 nitrogen and oxygen atoms in total. The Morgan fingerprint density at radius 3 is 2.95 bits per heavy atom. The van der Waals surface area contributed by atoms with Gasteiger partial charge in [0.25, 0.3) is 0 Å². The monoisotopic (exact) mass is 289 g/mol. The first kappa shape index (κ1) is 16.0. The minimum Gasteiger partial charge on any atom is -0.320 e. The van der Waals surface area contributed by atoms with Gasteiger partial charge in [-0.2, -0.15) is 0 Å². The Morgan fingerprint density at radius 2 is 2.24 bits per heavy atom. The summed E-state index contributed by atoms with van der Waals surface area (Å²) in [6.45, 7) is 3.28. The molecule has 114 valence electrons. The van der Waals surface area contributed by atoms with Crippen LogP contribution in [0.15, 0.2) is 18.2 Å². The first-order valence-electron chi connectivity index (χ1n) is 7.46. The first-order valence-corrected chi connectivity index (χ1v) is 7.46. The normalized spacial score (nSPS) is 18.8. The van der Waals surface area contributed by atoms with Gasteiger partial charge in [0.1, 0.15) is 5.82 Å². The largest absolute Gasteiger partial charge is 0.320 e. The van der Waals surface area contributed by atoms with Crippen molar-refractivity contribution in [3.63, 3.8) is 0 Å². The van der Waals surface area contributed by atoms with Crippen molar-refractivity contribution in [1.82, 2.24) is 9.80 Å². The van der Waals surface area contributed by atoms with Gasteiger partial charge in [-0.15, -0.1) is 0 Å². The van der Waals surface area contributed by atoms with E-state index in [1.165, 1.54) is 25.0 Å². The SMILES string of the molecule is CN(C)CC1CCCN1Cc1ccc(F)cc1C#CCN. The second-order valence-electron chi connectivity index (χ2n) is 5.84. The number of halogens is 1. The predicted octanol–water partition coefficient (Wildman–Crippen LogP) is 1.66. The van der Waals surface area contributed by atoms with Crippen molar-refractivity contribution in [2.24, 2.45) is 5.73 Å². The van der Waals surface area contributed by atoms with Crippen LogP contribution >= 0.6 is 0 Å². The summed E-state index contributed by atoms with van der Waals surface area (Å²) in [5, 5.41) is 0. The van der Waals surface area contributed by atoms with Crippen LogP contribution < -0.4 is 5.73 Å². The molecule has 0 spiro atoms. The molecule has 0 aliphatic carbocycles. The lowest BCUT2D eigenvalue weighted by Gasteiger charge is -2.27. The highest BCUT2D eigenvalue weighted by Crippen LogP contribution is 2.22. The lowest BCUT2D eigenvalue weighted by molar-refractivity contribution is 0.201. The molecule has 1 aromatic carbocycles. The summed E-state index contributed by atoms with van der Waals surface area (Å²) in [4.78, 5) is 4.70. The number of likely N-dealkylation sites (tertiary alicyclic amines) is 1. The molecule has 1 heterocycles. The van der Waals surface area contributed by atoms with Crippen LogP contribution in [0.5, 0.6) is 0 Å². The number of likely N-dealkylation sites (N-methyl/N-ethyl adjacent to an activating group) is 1. The van der Waals surface area contributed by atoms with Crippen molar-refractivity contribution in [3.8, 4) is 11.8 Å². The van der Waals surface area contributed by atoms with Gasteiger partial charge in [-0.3, -0.25) is 4.90 Å². The summed E-state index contributed by atoms with van der Waals surface area (Å²) >= 11 is 0. The number of hydrogen-bond acceptors (Lipinski definition) is 3. The molecule has 1 fully saturated rings. The van der Waals surface area contributed by atoms with E-state index in [4.69, 9.17) is 5.73 Å². The van der Waals surface area contributed by atoms with Crippen LogP contribution in [0.1, 0.15) is 24.0 Å². The van der Waals surface area contributed by atoms with E-state index >= 15 is 0 Å². The van der Waals surface area contributed by atoms with Gasteiger partial charge >= 0.3 is 0 Å². The van der Waals surface area contributed by atoms with Crippen molar-refractivity contribution in [2.75, 3.05) is 33.7 Å². The van der Waals surface area contributed by atoms with Gasteiger partial charge in [-0.1, -0.05) is 17.9 Å². The Kier molecular flexibility index (Phi) is 5.75. The van der Waals surface area contributed by atoms with Crippen molar-refractivity contribution in [3.05, 3.63) is 35.1 Å². The second kappa shape index (κ2) is 7.56. The van der Waals surface area contributed by atoms with E-state index in [1.54, 1.807) is 0 Å². The molecular weight excluding hydrogens is 265 g/mol. The molecule has 1 saturated heterocycles. The maximum atomic E-state index is 13.4. The average molecular weight is 289 g/mol. The molecule has 0 radical (unpaired) electrons. The molecular formula is C17H24FN3. The zero-order valence-electron chi connectivity index (χ0n) is 12.9. The predicted molar refractivity (Wildman–Crippen MR) is 84.3 cm³/mol. The van der Waals surface area contributed by atoms with E-state index in [2.05, 4.69) is 35.7 Å². The van der Waals surface area contributed by atoms with Crippen LogP contribution in [0, 0.1) is 17.7 Å². The van der Waals surface area contributed by atoms with Gasteiger partial charge in [0.05, 0.1) is 6.54 Å². The zero-order valence-corrected chi connectivity index (χ0v) is 12.9. The van der Waals surface area contributed by atoms with Gasteiger partial charge in [0.15, 0.2) is 0 Å². The molecule has 0 saturated carbocycles. The van der Waals surface area contributed by atoms with E-state index in [0.29, 0.717) is 12.6 Å². The standard InChI is InChI=1S/C17H24FN3/c1-20(2)13-17-6-4-10-21(17)12-15-7-8-16(18)11-14(15)5-3-9-19/h7-8,11,17H,4,6,9-10,12-13,19H2,1-2H3. The molecule has 0 bridgehead atoms. The fourth-order valence-corrected chi connectivity index (χ4v) is 2.90. The quantitative estimate of drug-likeness (QED) is 0.856. The second-order valence-corrected chi connectivity index (χ2v) is 5.84. The third kappa shape index (κ3) is 4.53. The fraction of sp³-hybridized carbons (Fsp3) is 0.529. The average Bonchev–Trinajstić information content (AvgIpc) is 2.85. The Balaban J connectivity index is 2.14. The molecule has 1 unspecified atom stereocenters. The lowest BCUT2D eigenvalue weighted by Crippen LogP contribution is -2.37. The molecule has 2 rings (SSSR count). The smallest absolute Gasteiger partial charge is 0.124 e. The summed E-state index contributed by atoms with van der Waals surface area (Å²) in [7, 11) is 4.21. The van der Waals surface area contributed by atoms with E-state index in [0.717, 1.165) is 30.8 Å². The van der Waals surface area contributed by atoms with E-state index in [1.807, 2.05) is 6.07 Å². The summed E-state index contributed by atoms with van der Waals surface area (Å²) in [5.41, 5.74) is 7.27. The van der Waals surface area contributed by atoms with Crippen molar-refractivity contribution in [2.45, 2.75) is 25.4 Å². The minimum atomic E-state index is -0.244. The molecule has 2 N–H and O–H groups in total. The van der Waals surface area contributed by atoms with E-state index in [-0.39, 0.29) is 5.82 Å². The molecule has 1 aliphatic rings. The third-order valence-corrected chi connectivity index (χ3v) is 3.85. The number of nitrogens with zero attached hydrogens (tertiary/aromatic N) is 2. The highest BCUT2D eigenvalue weighted by atomic mass is 19.1. The van der Waals surface area contributed by atoms with Crippen LogP contribution in [0.25, 0.3) is 0 Å². The van der Waals surface area contributed by atoms with Gasteiger partial charge in [0.2, 0.25) is 0 Å². The molecule has 21 heavy (non-hydrogen) atoms. The maximum absolute atomic E-state index is 13.4. The van der Waals surface area contributed by atoms with Crippen molar-refractivity contribution >= 4 is 0 Å². The van der Waals surface area contributed by atoms with Crippen molar-refractivity contribution in [1.29, 1.82) is 0 Å². The molecule has 1 atom stereocenters. The number of hydrogen-bond donors (Lipinski definition) is 1. The molecule has 1 aliphatic heterocycles. The van der Waals surface area contributed by atoms with Crippen LogP contribution in [0.2, 0.25) is 0 Å². The van der Waals surface area contributed by atoms with Crippen LogP contribution in [0.4, 0.5) is 4.39 Å². The molecule has 4 heteroatoms. The van der Waals surface area contributed by atoms with Gasteiger partial charge in [-0.25, -0.2) is 4.39 Å². The summed E-state index contributed by atoms with van der Waals surface area (Å²) in [6, 6.07) is 5.44. The zero-order chi connectivity index (χ0) is 15.2. The Bertz CT molecular complexity index is 531. The van der Waals surface area contributed by atoms with Gasteiger partial charge < -0.3 is 10.6 Å². The summed E-state index contributed by atoms with van der Waals surface area (Å²) in [6.07, 6.45) is 2.45. The number of rotatable bonds is 4. The van der Waals surface area contributed by atoms with Crippen LogP contribution in [0.3, 0.4) is 0 Å². The maximum Gasteiger partial charge on any atom is 0.124 e. The Labute approximate surface area is 126 Å². The highest BCUT2D eigenvalue weighted by Gasteiger charge is 2.25. The molecule has 0 aromatic heterocycles. The highest BCUT2D eigenvalue weighted by molar-refractivity contribution is 5.42. The van der Waals surface area contributed by atoms with Gasteiger partial charge in [-0.05, 0) is 51.2 Å². The third-order valence-electron chi connectivity index (χ3n) is 3.85. The number of nitrogens with two attached hydrogens (primary N) is 1. The first-order chi connectivity index (χ1) is 10.1. The Morgan fingerprint density at radius 1 is 1.43 bits per heavy atom. The van der Waals surface area contributed by atoms with Crippen molar-refractivity contribution < 1.29 is 4.39 Å². The van der Waals surface area contributed by atoms with Gasteiger partial charge in [0, 0.05) is 24.7 Å². The Hall–Kier alpha value is -1.41. The fourth-order valence-electron chi connectivity index (χ4n) is 2.90. The summed E-state index contributed by atoms with van der Waals surface area (Å²) in [5.74, 6) is 5.57. The number of benzene rings is 1. The van der Waals surface area contributed by atoms with E-state index in [9.17, 15) is 4.39 Å². The van der Waals surface area contributed by atoms with Crippen LogP contribution in [-0.2, 0) is 6.54 Å². The lowest BCUT2D eigenvalue weighted by atomic mass is 10.1. The van der Waals surface area contributed by atoms with Crippen LogP contribution in [-0.4, -0.2) is 49.6 Å². The van der Waals surface area contributed by atoms with E-state index < -0.39 is 0 Å². The minimum absolute atomic E-state index is 0.244.